The lowest BCUT2D eigenvalue weighted by Gasteiger charge is -2.36. The summed E-state index contributed by atoms with van der Waals surface area (Å²) < 4.78 is 0. The molecule has 1 amide bonds. The van der Waals surface area contributed by atoms with E-state index in [1.807, 2.05) is 23.1 Å². The van der Waals surface area contributed by atoms with Crippen molar-refractivity contribution in [1.82, 2.24) is 4.90 Å². The van der Waals surface area contributed by atoms with Crippen LogP contribution in [0.25, 0.3) is 0 Å². The molecule has 1 aliphatic carbocycles. The maximum atomic E-state index is 12.8. The highest BCUT2D eigenvalue weighted by molar-refractivity contribution is 6.31. The third-order valence-electron chi connectivity index (χ3n) is 5.37. The number of halogens is 1. The van der Waals surface area contributed by atoms with Gasteiger partial charge in [0.15, 0.2) is 0 Å². The summed E-state index contributed by atoms with van der Waals surface area (Å²) in [6.45, 7) is 5.53. The molecular formula is C21H23ClN2O. The number of piperazine rings is 1. The van der Waals surface area contributed by atoms with E-state index >= 15 is 0 Å². The summed E-state index contributed by atoms with van der Waals surface area (Å²) in [5.74, 6) is 0.718. The number of hydrogen-bond acceptors (Lipinski definition) is 2. The predicted molar refractivity (Wildman–Crippen MR) is 102 cm³/mol. The van der Waals surface area contributed by atoms with E-state index in [1.165, 1.54) is 11.3 Å². The number of hydrogen-bond donors (Lipinski definition) is 0. The van der Waals surface area contributed by atoms with Crippen molar-refractivity contribution in [1.29, 1.82) is 0 Å². The molecule has 1 aliphatic heterocycles. The van der Waals surface area contributed by atoms with Crippen molar-refractivity contribution < 1.29 is 4.79 Å². The molecule has 0 bridgehead atoms. The summed E-state index contributed by atoms with van der Waals surface area (Å²) in [5.41, 5.74) is 3.66. The van der Waals surface area contributed by atoms with Crippen molar-refractivity contribution in [3.05, 3.63) is 64.7 Å². The summed E-state index contributed by atoms with van der Waals surface area (Å²) in [6, 6.07) is 16.5. The summed E-state index contributed by atoms with van der Waals surface area (Å²) in [5, 5.41) is 0.784. The highest BCUT2D eigenvalue weighted by atomic mass is 35.5. The number of benzene rings is 2. The zero-order valence-electron chi connectivity index (χ0n) is 14.5. The standard InChI is InChI=1S/C21H23ClN2O/c1-15-5-4-6-16(13-15)23-9-11-24(12-10-23)21(25)19-14-18(19)17-7-2-3-8-20(17)22/h2-8,13,18-19H,9-12,14H2,1H3. The van der Waals surface area contributed by atoms with Gasteiger partial charge in [-0.15, -0.1) is 0 Å². The third kappa shape index (κ3) is 3.38. The molecule has 1 heterocycles. The lowest BCUT2D eigenvalue weighted by molar-refractivity contribution is -0.132. The van der Waals surface area contributed by atoms with Gasteiger partial charge in [-0.2, -0.15) is 0 Å². The van der Waals surface area contributed by atoms with Crippen molar-refractivity contribution >= 4 is 23.2 Å². The molecule has 25 heavy (non-hydrogen) atoms. The van der Waals surface area contributed by atoms with E-state index in [9.17, 15) is 4.79 Å². The second-order valence-corrected chi connectivity index (χ2v) is 7.53. The number of rotatable bonds is 3. The Kier molecular flexibility index (Phi) is 4.43. The summed E-state index contributed by atoms with van der Waals surface area (Å²) in [6.07, 6.45) is 0.931. The molecule has 2 unspecified atom stereocenters. The van der Waals surface area contributed by atoms with E-state index in [2.05, 4.69) is 42.2 Å². The minimum atomic E-state index is 0.116. The van der Waals surface area contributed by atoms with Gasteiger partial charge in [0.2, 0.25) is 5.91 Å². The molecule has 4 heteroatoms. The van der Waals surface area contributed by atoms with Crippen LogP contribution < -0.4 is 4.90 Å². The second kappa shape index (κ2) is 6.72. The first-order valence-electron chi connectivity index (χ1n) is 8.98. The molecule has 3 nitrogen and oxygen atoms in total. The Morgan fingerprint density at radius 3 is 2.52 bits per heavy atom. The topological polar surface area (TPSA) is 23.6 Å². The highest BCUT2D eigenvalue weighted by Crippen LogP contribution is 2.50. The maximum Gasteiger partial charge on any atom is 0.226 e. The largest absolute Gasteiger partial charge is 0.368 e. The molecule has 0 aromatic heterocycles. The smallest absolute Gasteiger partial charge is 0.226 e. The average molecular weight is 355 g/mol. The van der Waals surface area contributed by atoms with Crippen molar-refractivity contribution in [2.24, 2.45) is 5.92 Å². The van der Waals surface area contributed by atoms with Crippen LogP contribution in [0.2, 0.25) is 5.02 Å². The minimum Gasteiger partial charge on any atom is -0.368 e. The molecule has 2 fully saturated rings. The number of amides is 1. The van der Waals surface area contributed by atoms with Gasteiger partial charge in [-0.05, 0) is 48.6 Å². The van der Waals surface area contributed by atoms with E-state index in [-0.39, 0.29) is 5.92 Å². The van der Waals surface area contributed by atoms with Gasteiger partial charge in [0.05, 0.1) is 0 Å². The van der Waals surface area contributed by atoms with Gasteiger partial charge >= 0.3 is 0 Å². The summed E-state index contributed by atoms with van der Waals surface area (Å²) in [7, 11) is 0. The van der Waals surface area contributed by atoms with Crippen molar-refractivity contribution in [3.63, 3.8) is 0 Å². The zero-order chi connectivity index (χ0) is 17.4. The van der Waals surface area contributed by atoms with Gasteiger partial charge in [0.1, 0.15) is 0 Å². The van der Waals surface area contributed by atoms with Crippen LogP contribution in [-0.4, -0.2) is 37.0 Å². The first-order chi connectivity index (χ1) is 12.1. The van der Waals surface area contributed by atoms with E-state index < -0.39 is 0 Å². The molecular weight excluding hydrogens is 332 g/mol. The highest BCUT2D eigenvalue weighted by Gasteiger charge is 2.46. The Bertz CT molecular complexity index is 783. The van der Waals surface area contributed by atoms with Crippen LogP contribution in [0.5, 0.6) is 0 Å². The van der Waals surface area contributed by atoms with Crippen LogP contribution in [0.1, 0.15) is 23.5 Å². The first kappa shape index (κ1) is 16.5. The van der Waals surface area contributed by atoms with Crippen LogP contribution in [0.4, 0.5) is 5.69 Å². The van der Waals surface area contributed by atoms with Gasteiger partial charge in [0, 0.05) is 42.8 Å². The molecule has 0 radical (unpaired) electrons. The third-order valence-corrected chi connectivity index (χ3v) is 5.71. The lowest BCUT2D eigenvalue weighted by Crippen LogP contribution is -2.49. The quantitative estimate of drug-likeness (QED) is 0.828. The lowest BCUT2D eigenvalue weighted by atomic mass is 10.1. The van der Waals surface area contributed by atoms with E-state index in [0.29, 0.717) is 11.8 Å². The van der Waals surface area contributed by atoms with Gasteiger partial charge in [-0.3, -0.25) is 4.79 Å². The zero-order valence-corrected chi connectivity index (χ0v) is 15.2. The summed E-state index contributed by atoms with van der Waals surface area (Å²) >= 11 is 6.28. The molecule has 1 saturated heterocycles. The monoisotopic (exact) mass is 354 g/mol. The number of carbonyl (C=O) groups excluding carboxylic acids is 1. The maximum absolute atomic E-state index is 12.8. The van der Waals surface area contributed by atoms with Gasteiger partial charge < -0.3 is 9.80 Å². The molecule has 0 spiro atoms. The average Bonchev–Trinajstić information content (AvgIpc) is 3.42. The Hall–Kier alpha value is -2.00. The molecule has 2 aromatic rings. The summed E-state index contributed by atoms with van der Waals surface area (Å²) in [4.78, 5) is 17.2. The van der Waals surface area contributed by atoms with E-state index in [4.69, 9.17) is 11.6 Å². The normalized spacial score (nSPS) is 22.8. The number of nitrogens with zero attached hydrogens (tertiary/aromatic N) is 2. The molecule has 2 aromatic carbocycles. The molecule has 0 N–H and O–H groups in total. The molecule has 130 valence electrons. The Labute approximate surface area is 154 Å². The molecule has 2 aliphatic rings. The van der Waals surface area contributed by atoms with Crippen LogP contribution in [0.3, 0.4) is 0 Å². The van der Waals surface area contributed by atoms with Crippen molar-refractivity contribution in [3.8, 4) is 0 Å². The number of anilines is 1. The van der Waals surface area contributed by atoms with Crippen LogP contribution in [-0.2, 0) is 4.79 Å². The van der Waals surface area contributed by atoms with Crippen molar-refractivity contribution in [2.75, 3.05) is 31.1 Å². The Morgan fingerprint density at radius 2 is 1.80 bits per heavy atom. The van der Waals surface area contributed by atoms with Gasteiger partial charge in [-0.1, -0.05) is 41.9 Å². The van der Waals surface area contributed by atoms with Crippen LogP contribution in [0, 0.1) is 12.8 Å². The van der Waals surface area contributed by atoms with Crippen molar-refractivity contribution in [2.45, 2.75) is 19.3 Å². The number of carbonyl (C=O) groups is 1. The van der Waals surface area contributed by atoms with E-state index in [0.717, 1.165) is 43.2 Å². The van der Waals surface area contributed by atoms with Gasteiger partial charge in [0.25, 0.3) is 0 Å². The van der Waals surface area contributed by atoms with Gasteiger partial charge in [-0.25, -0.2) is 0 Å². The molecule has 4 rings (SSSR count). The molecule has 1 saturated carbocycles. The van der Waals surface area contributed by atoms with Crippen LogP contribution >= 0.6 is 11.6 Å². The predicted octanol–water partition coefficient (Wildman–Crippen LogP) is 4.10. The molecule has 2 atom stereocenters. The SMILES string of the molecule is Cc1cccc(N2CCN(C(=O)C3CC3c3ccccc3Cl)CC2)c1. The fourth-order valence-corrected chi connectivity index (χ4v) is 4.11. The minimum absolute atomic E-state index is 0.116. The second-order valence-electron chi connectivity index (χ2n) is 7.12. The van der Waals surface area contributed by atoms with Crippen LogP contribution in [0.15, 0.2) is 48.5 Å². The first-order valence-corrected chi connectivity index (χ1v) is 9.36. The fourth-order valence-electron chi connectivity index (χ4n) is 3.83. The Morgan fingerprint density at radius 1 is 1.04 bits per heavy atom. The fraction of sp³-hybridized carbons (Fsp3) is 0.381. The van der Waals surface area contributed by atoms with E-state index in [1.54, 1.807) is 0 Å². The Balaban J connectivity index is 1.36. The number of aryl methyl sites for hydroxylation is 1.